The number of aromatic nitrogens is 2. The van der Waals surface area contributed by atoms with Gasteiger partial charge in [0.05, 0.1) is 16.6 Å². The van der Waals surface area contributed by atoms with Gasteiger partial charge in [0.2, 0.25) is 0 Å². The molecule has 0 saturated heterocycles. The van der Waals surface area contributed by atoms with Crippen molar-refractivity contribution in [1.29, 1.82) is 0 Å². The number of fused-ring (bicyclic) bond motifs is 1. The first kappa shape index (κ1) is 10.4. The molecule has 0 atom stereocenters. The molecule has 0 N–H and O–H groups in total. The summed E-state index contributed by atoms with van der Waals surface area (Å²) in [7, 11) is 0. The molecular weight excluding hydrogens is 229 g/mol. The Labute approximate surface area is 95.4 Å². The van der Waals surface area contributed by atoms with Crippen LogP contribution in [0, 0.1) is 6.92 Å². The summed E-state index contributed by atoms with van der Waals surface area (Å²) in [4.78, 5) is 4.25. The third-order valence-corrected chi connectivity index (χ3v) is 2.82. The van der Waals surface area contributed by atoms with Crippen LogP contribution in [-0.4, -0.2) is 9.55 Å². The second kappa shape index (κ2) is 3.12. The zero-order valence-electron chi connectivity index (χ0n) is 9.04. The molecule has 0 amide bonds. The van der Waals surface area contributed by atoms with Crippen LogP contribution >= 0.6 is 0 Å². The van der Waals surface area contributed by atoms with Crippen LogP contribution in [0.4, 0.5) is 13.2 Å². The molecule has 3 rings (SSSR count). The van der Waals surface area contributed by atoms with Crippen LogP contribution in [0.25, 0.3) is 16.7 Å². The molecule has 0 spiro atoms. The Balaban J connectivity index is 2.27. The van der Waals surface area contributed by atoms with Crippen LogP contribution < -0.4 is 0 Å². The van der Waals surface area contributed by atoms with Gasteiger partial charge < -0.3 is 4.57 Å². The van der Waals surface area contributed by atoms with Gasteiger partial charge in [0.25, 0.3) is 0 Å². The zero-order chi connectivity index (χ0) is 12.2. The molecule has 0 aliphatic heterocycles. The van der Waals surface area contributed by atoms with E-state index < -0.39 is 11.7 Å². The number of hydrogen-bond donors (Lipinski definition) is 0. The number of alkyl halides is 3. The van der Waals surface area contributed by atoms with Crippen molar-refractivity contribution in [1.82, 2.24) is 9.55 Å². The molecule has 2 aromatic rings. The number of allylic oxidation sites excluding steroid dienone is 2. The zero-order valence-corrected chi connectivity index (χ0v) is 9.04. The number of aryl methyl sites for hydroxylation is 1. The lowest BCUT2D eigenvalue weighted by atomic mass is 10.2. The fourth-order valence-electron chi connectivity index (χ4n) is 1.96. The van der Waals surface area contributed by atoms with Gasteiger partial charge in [0.15, 0.2) is 0 Å². The highest BCUT2D eigenvalue weighted by atomic mass is 19.4. The third-order valence-electron chi connectivity index (χ3n) is 2.82. The minimum absolute atomic E-state index is 0.529. The molecule has 2 nitrogen and oxygen atoms in total. The highest BCUT2D eigenvalue weighted by Crippen LogP contribution is 2.35. The van der Waals surface area contributed by atoms with E-state index in [1.165, 1.54) is 6.07 Å². The predicted octanol–water partition coefficient (Wildman–Crippen LogP) is 3.61. The first-order chi connectivity index (χ1) is 7.97. The SMILES string of the molecule is Cc1nc2ccc(C(F)(F)F)cc2n1C1=CC1. The van der Waals surface area contributed by atoms with E-state index in [-0.39, 0.29) is 0 Å². The second-order valence-electron chi connectivity index (χ2n) is 4.10. The number of halogens is 3. The topological polar surface area (TPSA) is 17.8 Å². The summed E-state index contributed by atoms with van der Waals surface area (Å²) in [5.41, 5.74) is 1.51. The summed E-state index contributed by atoms with van der Waals surface area (Å²) in [6.45, 7) is 1.80. The highest BCUT2D eigenvalue weighted by Gasteiger charge is 2.31. The molecule has 5 heteroatoms. The van der Waals surface area contributed by atoms with Crippen molar-refractivity contribution in [2.45, 2.75) is 19.5 Å². The molecule has 1 aromatic heterocycles. The van der Waals surface area contributed by atoms with Gasteiger partial charge in [0, 0.05) is 12.1 Å². The first-order valence-corrected chi connectivity index (χ1v) is 5.22. The van der Waals surface area contributed by atoms with Crippen molar-refractivity contribution >= 4 is 16.7 Å². The Bertz CT molecular complexity index is 635. The standard InChI is InChI=1S/C12H9F3N2/c1-7-16-10-5-2-8(12(13,14)15)6-11(10)17(7)9-3-4-9/h2-3,5-6H,4H2,1H3. The molecule has 0 fully saturated rings. The number of benzene rings is 1. The van der Waals surface area contributed by atoms with E-state index in [4.69, 9.17) is 0 Å². The van der Waals surface area contributed by atoms with Gasteiger partial charge in [-0.15, -0.1) is 0 Å². The number of nitrogens with zero attached hydrogens (tertiary/aromatic N) is 2. The summed E-state index contributed by atoms with van der Waals surface area (Å²) >= 11 is 0. The van der Waals surface area contributed by atoms with Crippen molar-refractivity contribution in [3.05, 3.63) is 35.7 Å². The van der Waals surface area contributed by atoms with Crippen LogP contribution in [0.3, 0.4) is 0 Å². The lowest BCUT2D eigenvalue weighted by molar-refractivity contribution is -0.137. The second-order valence-corrected chi connectivity index (χ2v) is 4.10. The number of imidazole rings is 1. The Morgan fingerprint density at radius 2 is 2.00 bits per heavy atom. The molecule has 0 radical (unpaired) electrons. The van der Waals surface area contributed by atoms with Crippen molar-refractivity contribution in [3.8, 4) is 0 Å². The maximum absolute atomic E-state index is 12.6. The molecule has 0 saturated carbocycles. The predicted molar refractivity (Wildman–Crippen MR) is 58.4 cm³/mol. The largest absolute Gasteiger partial charge is 0.416 e. The van der Waals surface area contributed by atoms with Gasteiger partial charge in [-0.3, -0.25) is 0 Å². The van der Waals surface area contributed by atoms with Gasteiger partial charge in [0.1, 0.15) is 5.82 Å². The fourth-order valence-corrected chi connectivity index (χ4v) is 1.96. The highest BCUT2D eigenvalue weighted by molar-refractivity contribution is 5.83. The van der Waals surface area contributed by atoms with E-state index in [0.29, 0.717) is 11.0 Å². The Morgan fingerprint density at radius 3 is 2.59 bits per heavy atom. The van der Waals surface area contributed by atoms with Gasteiger partial charge >= 0.3 is 6.18 Å². The van der Waals surface area contributed by atoms with E-state index in [1.807, 2.05) is 6.08 Å². The Kier molecular flexibility index (Phi) is 1.91. The van der Waals surface area contributed by atoms with E-state index in [1.54, 1.807) is 11.5 Å². The smallest absolute Gasteiger partial charge is 0.300 e. The molecule has 1 aliphatic carbocycles. The van der Waals surface area contributed by atoms with E-state index in [9.17, 15) is 13.2 Å². The summed E-state index contributed by atoms with van der Waals surface area (Å²) in [6.07, 6.45) is -1.52. The van der Waals surface area contributed by atoms with Crippen molar-refractivity contribution in [3.63, 3.8) is 0 Å². The third kappa shape index (κ3) is 1.62. The average molecular weight is 238 g/mol. The minimum Gasteiger partial charge on any atom is -0.300 e. The molecular formula is C12H9F3N2. The summed E-state index contributed by atoms with van der Waals surface area (Å²) in [6, 6.07) is 3.65. The van der Waals surface area contributed by atoms with Crippen molar-refractivity contribution < 1.29 is 13.2 Å². The average Bonchev–Trinajstić information content (AvgIpc) is 2.99. The Hall–Kier alpha value is -1.78. The molecule has 1 aliphatic rings. The minimum atomic E-state index is -4.31. The molecule has 1 heterocycles. The lowest BCUT2D eigenvalue weighted by Gasteiger charge is -2.07. The van der Waals surface area contributed by atoms with Gasteiger partial charge in [-0.2, -0.15) is 13.2 Å². The van der Waals surface area contributed by atoms with E-state index in [0.717, 1.165) is 30.1 Å². The normalized spacial score (nSPS) is 15.2. The van der Waals surface area contributed by atoms with Crippen LogP contribution in [0.2, 0.25) is 0 Å². The van der Waals surface area contributed by atoms with Crippen LogP contribution in [-0.2, 0) is 6.18 Å². The number of hydrogen-bond acceptors (Lipinski definition) is 1. The first-order valence-electron chi connectivity index (χ1n) is 5.22. The molecule has 17 heavy (non-hydrogen) atoms. The van der Waals surface area contributed by atoms with Gasteiger partial charge in [-0.05, 0) is 25.1 Å². The van der Waals surface area contributed by atoms with E-state index >= 15 is 0 Å². The van der Waals surface area contributed by atoms with Crippen molar-refractivity contribution in [2.24, 2.45) is 0 Å². The lowest BCUT2D eigenvalue weighted by Crippen LogP contribution is -2.04. The number of rotatable bonds is 1. The summed E-state index contributed by atoms with van der Waals surface area (Å²) in [5.74, 6) is 0.725. The van der Waals surface area contributed by atoms with Crippen LogP contribution in [0.1, 0.15) is 17.8 Å². The monoisotopic (exact) mass is 238 g/mol. The van der Waals surface area contributed by atoms with Crippen LogP contribution in [0.5, 0.6) is 0 Å². The van der Waals surface area contributed by atoms with Gasteiger partial charge in [-0.1, -0.05) is 6.08 Å². The van der Waals surface area contributed by atoms with Gasteiger partial charge in [-0.25, -0.2) is 4.98 Å². The fraction of sp³-hybridized carbons (Fsp3) is 0.250. The van der Waals surface area contributed by atoms with Crippen LogP contribution in [0.15, 0.2) is 24.3 Å². The summed E-state index contributed by atoms with van der Waals surface area (Å²) in [5, 5.41) is 0. The quantitative estimate of drug-likeness (QED) is 0.742. The maximum atomic E-state index is 12.6. The Morgan fingerprint density at radius 1 is 1.29 bits per heavy atom. The molecule has 88 valence electrons. The summed E-state index contributed by atoms with van der Waals surface area (Å²) < 4.78 is 39.7. The molecule has 0 bridgehead atoms. The van der Waals surface area contributed by atoms with Crippen molar-refractivity contribution in [2.75, 3.05) is 0 Å². The maximum Gasteiger partial charge on any atom is 0.416 e. The molecule has 0 unspecified atom stereocenters. The van der Waals surface area contributed by atoms with E-state index in [2.05, 4.69) is 4.98 Å². The molecule has 1 aromatic carbocycles.